The van der Waals surface area contributed by atoms with Crippen LogP contribution in [0.2, 0.25) is 10.0 Å². The van der Waals surface area contributed by atoms with Crippen LogP contribution in [0, 0.1) is 5.92 Å². The van der Waals surface area contributed by atoms with Gasteiger partial charge in [-0.05, 0) is 30.9 Å². The summed E-state index contributed by atoms with van der Waals surface area (Å²) in [4.78, 5) is 24.8. The molecule has 1 aromatic carbocycles. The molecule has 0 spiro atoms. The second kappa shape index (κ2) is 9.08. The van der Waals surface area contributed by atoms with Gasteiger partial charge in [0.15, 0.2) is 5.75 Å². The van der Waals surface area contributed by atoms with Crippen molar-refractivity contribution in [3.05, 3.63) is 28.2 Å². The molecule has 2 atom stereocenters. The van der Waals surface area contributed by atoms with Gasteiger partial charge >= 0.3 is 5.97 Å². The number of halogens is 2. The van der Waals surface area contributed by atoms with Crippen LogP contribution in [0.1, 0.15) is 32.1 Å². The molecular formula is C18H23Cl2NO4. The number of carbonyl (C=O) groups excluding carboxylic acids is 1. The molecule has 138 valence electrons. The average molecular weight is 388 g/mol. The van der Waals surface area contributed by atoms with Crippen LogP contribution in [-0.4, -0.2) is 43.2 Å². The molecule has 1 saturated heterocycles. The molecule has 2 aliphatic rings. The second-order valence-electron chi connectivity index (χ2n) is 6.58. The van der Waals surface area contributed by atoms with Gasteiger partial charge < -0.3 is 4.74 Å². The molecule has 0 bridgehead atoms. The Labute approximate surface area is 158 Å². The van der Waals surface area contributed by atoms with Crippen LogP contribution in [0.3, 0.4) is 0 Å². The Balaban J connectivity index is 1.52. The van der Waals surface area contributed by atoms with E-state index < -0.39 is 0 Å². The van der Waals surface area contributed by atoms with Crippen molar-refractivity contribution in [3.63, 3.8) is 0 Å². The Morgan fingerprint density at radius 1 is 1.16 bits per heavy atom. The fourth-order valence-electron chi connectivity index (χ4n) is 3.69. The second-order valence-corrected chi connectivity index (χ2v) is 7.39. The monoisotopic (exact) mass is 387 g/mol. The molecule has 2 fully saturated rings. The highest BCUT2D eigenvalue weighted by Crippen LogP contribution is 2.32. The summed E-state index contributed by atoms with van der Waals surface area (Å²) in [5, 5.41) is 0.783. The Morgan fingerprint density at radius 3 is 2.68 bits per heavy atom. The molecule has 1 aliphatic carbocycles. The van der Waals surface area contributed by atoms with Crippen LogP contribution in [0.4, 0.5) is 0 Å². The molecule has 0 N–H and O–H groups in total. The maximum absolute atomic E-state index is 12.2. The molecule has 0 radical (unpaired) electrons. The first-order chi connectivity index (χ1) is 12.1. The summed E-state index contributed by atoms with van der Waals surface area (Å²) in [7, 11) is 0. The molecule has 25 heavy (non-hydrogen) atoms. The first kappa shape index (κ1) is 18.8. The molecule has 1 saturated carbocycles. The highest BCUT2D eigenvalue weighted by atomic mass is 35.5. The van der Waals surface area contributed by atoms with Gasteiger partial charge in [-0.2, -0.15) is 0 Å². The van der Waals surface area contributed by atoms with E-state index in [1.165, 1.54) is 12.5 Å². The minimum atomic E-state index is -0.351. The number of rotatable bonds is 5. The van der Waals surface area contributed by atoms with Crippen molar-refractivity contribution < 1.29 is 19.3 Å². The smallest absolute Gasteiger partial charge is 0.355 e. The van der Waals surface area contributed by atoms with E-state index in [1.807, 2.05) is 0 Å². The summed E-state index contributed by atoms with van der Waals surface area (Å²) >= 11 is 11.8. The zero-order chi connectivity index (χ0) is 17.6. The summed E-state index contributed by atoms with van der Waals surface area (Å²) in [5.74, 6) is 0.309. The summed E-state index contributed by atoms with van der Waals surface area (Å²) < 4.78 is 5.44. The standard InChI is InChI=1S/C18H23Cl2NO4/c19-15-6-5-14(12-16(15)20)24-25-18(22)11-13-3-1-2-4-17(13)21-7-9-23-10-8-21/h5-6,12-13,17H,1-4,7-11H2. The van der Waals surface area contributed by atoms with E-state index in [4.69, 9.17) is 37.7 Å². The highest BCUT2D eigenvalue weighted by Gasteiger charge is 2.33. The molecule has 7 heteroatoms. The molecule has 2 unspecified atom stereocenters. The zero-order valence-electron chi connectivity index (χ0n) is 14.1. The predicted octanol–water partition coefficient (Wildman–Crippen LogP) is 4.11. The van der Waals surface area contributed by atoms with Gasteiger partial charge in [0.05, 0.1) is 29.7 Å². The van der Waals surface area contributed by atoms with Crippen molar-refractivity contribution in [2.75, 3.05) is 26.3 Å². The fraction of sp³-hybridized carbons (Fsp3) is 0.611. The van der Waals surface area contributed by atoms with Crippen LogP contribution in [0.5, 0.6) is 5.75 Å². The molecular weight excluding hydrogens is 365 g/mol. The molecule has 0 amide bonds. The van der Waals surface area contributed by atoms with Gasteiger partial charge in [0.25, 0.3) is 0 Å². The van der Waals surface area contributed by atoms with Gasteiger partial charge in [-0.3, -0.25) is 14.7 Å². The lowest BCUT2D eigenvalue weighted by molar-refractivity contribution is -0.215. The number of benzene rings is 1. The van der Waals surface area contributed by atoms with E-state index in [2.05, 4.69) is 4.90 Å². The van der Waals surface area contributed by atoms with Crippen molar-refractivity contribution in [1.29, 1.82) is 0 Å². The van der Waals surface area contributed by atoms with Crippen molar-refractivity contribution in [2.24, 2.45) is 5.92 Å². The predicted molar refractivity (Wildman–Crippen MR) is 95.9 cm³/mol. The number of ether oxygens (including phenoxy) is 1. The van der Waals surface area contributed by atoms with Gasteiger partial charge in [-0.1, -0.05) is 36.0 Å². The number of hydrogen-bond acceptors (Lipinski definition) is 5. The van der Waals surface area contributed by atoms with E-state index >= 15 is 0 Å². The maximum Gasteiger partial charge on any atom is 0.355 e. The molecule has 1 aliphatic heterocycles. The van der Waals surface area contributed by atoms with Crippen molar-refractivity contribution in [3.8, 4) is 5.75 Å². The molecule has 5 nitrogen and oxygen atoms in total. The number of hydrogen-bond donors (Lipinski definition) is 0. The minimum Gasteiger partial charge on any atom is -0.379 e. The molecule has 1 heterocycles. The van der Waals surface area contributed by atoms with Crippen LogP contribution in [0.15, 0.2) is 18.2 Å². The van der Waals surface area contributed by atoms with Gasteiger partial charge in [-0.25, -0.2) is 4.79 Å². The molecule has 0 aromatic heterocycles. The quantitative estimate of drug-likeness (QED) is 0.561. The lowest BCUT2D eigenvalue weighted by Crippen LogP contribution is -2.48. The van der Waals surface area contributed by atoms with Crippen LogP contribution < -0.4 is 4.89 Å². The summed E-state index contributed by atoms with van der Waals surface area (Å²) in [6.07, 6.45) is 4.92. The van der Waals surface area contributed by atoms with Gasteiger partial charge in [0, 0.05) is 25.2 Å². The SMILES string of the molecule is O=C(CC1CCCCC1N1CCOCC1)OOc1ccc(Cl)c(Cl)c1. The van der Waals surface area contributed by atoms with Crippen LogP contribution in [0.25, 0.3) is 0 Å². The third-order valence-electron chi connectivity index (χ3n) is 4.93. The highest BCUT2D eigenvalue weighted by molar-refractivity contribution is 6.42. The number of morpholine rings is 1. The zero-order valence-corrected chi connectivity index (χ0v) is 15.6. The lowest BCUT2D eigenvalue weighted by atomic mass is 9.81. The van der Waals surface area contributed by atoms with E-state index in [9.17, 15) is 4.79 Å². The molecule has 1 aromatic rings. The largest absolute Gasteiger partial charge is 0.379 e. The van der Waals surface area contributed by atoms with Gasteiger partial charge in [0.2, 0.25) is 0 Å². The summed E-state index contributed by atoms with van der Waals surface area (Å²) in [6, 6.07) is 5.16. The fourth-order valence-corrected chi connectivity index (χ4v) is 3.98. The topological polar surface area (TPSA) is 48.0 Å². The minimum absolute atomic E-state index is 0.303. The van der Waals surface area contributed by atoms with Gasteiger partial charge in [0.1, 0.15) is 0 Å². The van der Waals surface area contributed by atoms with E-state index in [0.29, 0.717) is 34.2 Å². The summed E-state index contributed by atoms with van der Waals surface area (Å²) in [5.41, 5.74) is 0. The van der Waals surface area contributed by atoms with E-state index in [0.717, 1.165) is 45.6 Å². The normalized spacial score (nSPS) is 24.7. The van der Waals surface area contributed by atoms with Crippen molar-refractivity contribution in [1.82, 2.24) is 4.90 Å². The van der Waals surface area contributed by atoms with Crippen molar-refractivity contribution in [2.45, 2.75) is 38.1 Å². The third kappa shape index (κ3) is 5.23. The number of nitrogens with zero attached hydrogens (tertiary/aromatic N) is 1. The molecule has 3 rings (SSSR count). The van der Waals surface area contributed by atoms with E-state index in [1.54, 1.807) is 12.1 Å². The number of carbonyl (C=O) groups is 1. The summed E-state index contributed by atoms with van der Waals surface area (Å²) in [6.45, 7) is 3.42. The lowest BCUT2D eigenvalue weighted by Gasteiger charge is -2.41. The Kier molecular flexibility index (Phi) is 6.82. The van der Waals surface area contributed by atoms with Crippen LogP contribution in [-0.2, 0) is 14.4 Å². The average Bonchev–Trinajstić information content (AvgIpc) is 2.64. The van der Waals surface area contributed by atoms with E-state index in [-0.39, 0.29) is 5.97 Å². The Bertz CT molecular complexity index is 592. The third-order valence-corrected chi connectivity index (χ3v) is 5.67. The van der Waals surface area contributed by atoms with Gasteiger partial charge in [-0.15, -0.1) is 0 Å². The first-order valence-electron chi connectivity index (χ1n) is 8.77. The maximum atomic E-state index is 12.2. The Hall–Kier alpha value is -1.01. The first-order valence-corrected chi connectivity index (χ1v) is 9.53. The van der Waals surface area contributed by atoms with Crippen molar-refractivity contribution >= 4 is 29.2 Å². The van der Waals surface area contributed by atoms with Crippen LogP contribution >= 0.6 is 23.2 Å². The Morgan fingerprint density at radius 2 is 1.92 bits per heavy atom.